The van der Waals surface area contributed by atoms with E-state index in [0.717, 1.165) is 27.8 Å². The largest absolute Gasteiger partial charge is 0.494 e. The van der Waals surface area contributed by atoms with Crippen LogP contribution in [0.15, 0.2) is 48.5 Å². The lowest BCUT2D eigenvalue weighted by Gasteiger charge is -2.08. The standard InChI is InChI=1S/C16H15N3O/c1-2-20-12-7-5-6-11(10-12)15-13-8-3-4-9-14(13)16(17)19-18-15/h3-10H,2H2,1H3,(H2,17,19). The van der Waals surface area contributed by atoms with Crippen LogP contribution in [0.1, 0.15) is 6.92 Å². The SMILES string of the molecule is CCOc1cccc(-c2nnc(N)c3ccccc23)c1. The predicted octanol–water partition coefficient (Wildman–Crippen LogP) is 3.28. The molecule has 0 aliphatic rings. The average molecular weight is 265 g/mol. The number of anilines is 1. The van der Waals surface area contributed by atoms with Crippen LogP contribution in [0, 0.1) is 0 Å². The number of nitrogens with zero attached hydrogens (tertiary/aromatic N) is 2. The van der Waals surface area contributed by atoms with E-state index in [2.05, 4.69) is 10.2 Å². The van der Waals surface area contributed by atoms with Crippen molar-refractivity contribution in [2.75, 3.05) is 12.3 Å². The lowest BCUT2D eigenvalue weighted by Crippen LogP contribution is -1.98. The van der Waals surface area contributed by atoms with E-state index in [4.69, 9.17) is 10.5 Å². The van der Waals surface area contributed by atoms with Crippen LogP contribution in [0.25, 0.3) is 22.0 Å². The summed E-state index contributed by atoms with van der Waals surface area (Å²) >= 11 is 0. The number of fused-ring (bicyclic) bond motifs is 1. The number of hydrogen-bond donors (Lipinski definition) is 1. The molecule has 0 bridgehead atoms. The van der Waals surface area contributed by atoms with E-state index < -0.39 is 0 Å². The topological polar surface area (TPSA) is 61.0 Å². The lowest BCUT2D eigenvalue weighted by molar-refractivity contribution is 0.340. The van der Waals surface area contributed by atoms with Gasteiger partial charge in [0, 0.05) is 16.3 Å². The number of nitrogens with two attached hydrogens (primary N) is 1. The summed E-state index contributed by atoms with van der Waals surface area (Å²) in [7, 11) is 0. The minimum atomic E-state index is 0.449. The van der Waals surface area contributed by atoms with E-state index in [-0.39, 0.29) is 0 Å². The third-order valence-electron chi connectivity index (χ3n) is 3.13. The number of ether oxygens (including phenoxy) is 1. The van der Waals surface area contributed by atoms with E-state index in [1.807, 2.05) is 55.5 Å². The molecule has 0 saturated heterocycles. The third kappa shape index (κ3) is 2.16. The Hall–Kier alpha value is -2.62. The van der Waals surface area contributed by atoms with Gasteiger partial charge in [0.05, 0.1) is 6.61 Å². The minimum Gasteiger partial charge on any atom is -0.494 e. The number of hydrogen-bond acceptors (Lipinski definition) is 4. The zero-order valence-corrected chi connectivity index (χ0v) is 11.2. The van der Waals surface area contributed by atoms with Crippen molar-refractivity contribution in [3.63, 3.8) is 0 Å². The second kappa shape index (κ2) is 5.17. The van der Waals surface area contributed by atoms with Crippen LogP contribution in [-0.4, -0.2) is 16.8 Å². The van der Waals surface area contributed by atoms with Gasteiger partial charge in [-0.2, -0.15) is 0 Å². The smallest absolute Gasteiger partial charge is 0.154 e. The maximum absolute atomic E-state index is 5.88. The minimum absolute atomic E-state index is 0.449. The van der Waals surface area contributed by atoms with Crippen molar-refractivity contribution in [3.8, 4) is 17.0 Å². The Labute approximate surface area is 117 Å². The fraction of sp³-hybridized carbons (Fsp3) is 0.125. The zero-order chi connectivity index (χ0) is 13.9. The van der Waals surface area contributed by atoms with E-state index in [0.29, 0.717) is 12.4 Å². The molecule has 0 spiro atoms. The molecule has 3 rings (SSSR count). The van der Waals surface area contributed by atoms with Crippen molar-refractivity contribution in [3.05, 3.63) is 48.5 Å². The fourth-order valence-electron chi connectivity index (χ4n) is 2.24. The summed E-state index contributed by atoms with van der Waals surface area (Å²) < 4.78 is 5.53. The van der Waals surface area contributed by atoms with Crippen molar-refractivity contribution in [1.29, 1.82) is 0 Å². The molecule has 1 heterocycles. The predicted molar refractivity (Wildman–Crippen MR) is 80.6 cm³/mol. The Morgan fingerprint density at radius 2 is 1.80 bits per heavy atom. The van der Waals surface area contributed by atoms with E-state index in [1.165, 1.54) is 0 Å². The van der Waals surface area contributed by atoms with Crippen LogP contribution in [0.5, 0.6) is 5.75 Å². The summed E-state index contributed by atoms with van der Waals surface area (Å²) in [6, 6.07) is 15.7. The molecule has 0 unspecified atom stereocenters. The molecule has 2 N–H and O–H groups in total. The molecule has 3 aromatic rings. The Balaban J connectivity index is 2.19. The van der Waals surface area contributed by atoms with Crippen LogP contribution in [0.4, 0.5) is 5.82 Å². The highest BCUT2D eigenvalue weighted by Gasteiger charge is 2.09. The van der Waals surface area contributed by atoms with E-state index in [9.17, 15) is 0 Å². The quantitative estimate of drug-likeness (QED) is 0.789. The molecule has 0 radical (unpaired) electrons. The van der Waals surface area contributed by atoms with Gasteiger partial charge in [-0.05, 0) is 19.1 Å². The molecule has 4 nitrogen and oxygen atoms in total. The van der Waals surface area contributed by atoms with Crippen LogP contribution in [0.2, 0.25) is 0 Å². The maximum Gasteiger partial charge on any atom is 0.154 e. The summed E-state index contributed by atoms with van der Waals surface area (Å²) in [6.07, 6.45) is 0. The first kappa shape index (κ1) is 12.4. The van der Waals surface area contributed by atoms with Gasteiger partial charge in [-0.1, -0.05) is 36.4 Å². The van der Waals surface area contributed by atoms with E-state index in [1.54, 1.807) is 0 Å². The van der Waals surface area contributed by atoms with E-state index >= 15 is 0 Å². The van der Waals surface area contributed by atoms with Gasteiger partial charge >= 0.3 is 0 Å². The van der Waals surface area contributed by atoms with Gasteiger partial charge in [-0.25, -0.2) is 0 Å². The normalized spacial score (nSPS) is 10.7. The maximum atomic E-state index is 5.88. The van der Waals surface area contributed by atoms with Gasteiger partial charge in [0.25, 0.3) is 0 Å². The van der Waals surface area contributed by atoms with Crippen LogP contribution < -0.4 is 10.5 Å². The van der Waals surface area contributed by atoms with Crippen LogP contribution >= 0.6 is 0 Å². The Morgan fingerprint density at radius 3 is 2.60 bits per heavy atom. The van der Waals surface area contributed by atoms with Crippen molar-refractivity contribution >= 4 is 16.6 Å². The molecule has 100 valence electrons. The van der Waals surface area contributed by atoms with Gasteiger partial charge in [0.2, 0.25) is 0 Å². The third-order valence-corrected chi connectivity index (χ3v) is 3.13. The van der Waals surface area contributed by atoms with Crippen molar-refractivity contribution in [2.45, 2.75) is 6.92 Å². The highest BCUT2D eigenvalue weighted by Crippen LogP contribution is 2.30. The van der Waals surface area contributed by atoms with Gasteiger partial charge < -0.3 is 10.5 Å². The summed E-state index contributed by atoms with van der Waals surface area (Å²) in [4.78, 5) is 0. The zero-order valence-electron chi connectivity index (χ0n) is 11.2. The van der Waals surface area contributed by atoms with Gasteiger partial charge in [0.1, 0.15) is 11.4 Å². The Bertz CT molecular complexity index is 756. The number of rotatable bonds is 3. The number of nitrogen functional groups attached to an aromatic ring is 1. The monoisotopic (exact) mass is 265 g/mol. The lowest BCUT2D eigenvalue weighted by atomic mass is 10.0. The first-order valence-electron chi connectivity index (χ1n) is 6.53. The molecule has 2 aromatic carbocycles. The van der Waals surface area contributed by atoms with Crippen molar-refractivity contribution in [2.24, 2.45) is 0 Å². The molecule has 0 amide bonds. The summed E-state index contributed by atoms with van der Waals surface area (Å²) in [5, 5.41) is 10.2. The molecular weight excluding hydrogens is 250 g/mol. The number of aromatic nitrogens is 2. The average Bonchev–Trinajstić information content (AvgIpc) is 2.49. The molecular formula is C16H15N3O. The highest BCUT2D eigenvalue weighted by atomic mass is 16.5. The highest BCUT2D eigenvalue weighted by molar-refractivity contribution is 5.99. The summed E-state index contributed by atoms with van der Waals surface area (Å²) in [5.74, 6) is 1.28. The molecule has 0 aliphatic carbocycles. The molecule has 1 aromatic heterocycles. The van der Waals surface area contributed by atoms with Crippen molar-refractivity contribution < 1.29 is 4.74 Å². The number of benzene rings is 2. The molecule has 0 aliphatic heterocycles. The van der Waals surface area contributed by atoms with Gasteiger partial charge in [-0.3, -0.25) is 0 Å². The van der Waals surface area contributed by atoms with Crippen molar-refractivity contribution in [1.82, 2.24) is 10.2 Å². The second-order valence-electron chi connectivity index (χ2n) is 4.44. The molecule has 0 atom stereocenters. The fourth-order valence-corrected chi connectivity index (χ4v) is 2.24. The first-order valence-corrected chi connectivity index (χ1v) is 6.53. The first-order chi connectivity index (χ1) is 9.79. The van der Waals surface area contributed by atoms with Crippen LogP contribution in [-0.2, 0) is 0 Å². The molecule has 0 fully saturated rings. The van der Waals surface area contributed by atoms with Gasteiger partial charge in [0.15, 0.2) is 5.82 Å². The Kier molecular flexibility index (Phi) is 3.21. The molecule has 4 heteroatoms. The summed E-state index contributed by atoms with van der Waals surface area (Å²) in [6.45, 7) is 2.60. The van der Waals surface area contributed by atoms with Gasteiger partial charge in [-0.15, -0.1) is 10.2 Å². The Morgan fingerprint density at radius 1 is 1.00 bits per heavy atom. The second-order valence-corrected chi connectivity index (χ2v) is 4.44. The molecule has 20 heavy (non-hydrogen) atoms. The molecule has 0 saturated carbocycles. The summed E-state index contributed by atoms with van der Waals surface area (Å²) in [5.41, 5.74) is 7.67. The van der Waals surface area contributed by atoms with Crippen LogP contribution in [0.3, 0.4) is 0 Å².